The minimum atomic E-state index is 0.561. The Bertz CT molecular complexity index is 665. The summed E-state index contributed by atoms with van der Waals surface area (Å²) in [6.07, 6.45) is 1.80. The predicted octanol–water partition coefficient (Wildman–Crippen LogP) is 2.73. The molecule has 0 bridgehead atoms. The molecule has 0 aromatic heterocycles. The van der Waals surface area contributed by atoms with E-state index in [2.05, 4.69) is 40.4 Å². The fourth-order valence-electron chi connectivity index (χ4n) is 2.75. The van der Waals surface area contributed by atoms with Crippen molar-refractivity contribution >= 4 is 29.4 Å². The van der Waals surface area contributed by atoms with Crippen molar-refractivity contribution in [3.63, 3.8) is 0 Å². The molecule has 1 saturated heterocycles. The lowest BCUT2D eigenvalue weighted by atomic mass is 10.2. The number of nitrogens with zero attached hydrogens (tertiary/aromatic N) is 2. The predicted molar refractivity (Wildman–Crippen MR) is 96.5 cm³/mol. The summed E-state index contributed by atoms with van der Waals surface area (Å²) in [7, 11) is 0. The zero-order chi connectivity index (χ0) is 16.1. The Kier molecular flexibility index (Phi) is 5.55. The first-order valence-electron chi connectivity index (χ1n) is 7.83. The van der Waals surface area contributed by atoms with Crippen LogP contribution in [0.15, 0.2) is 53.6 Å². The molecule has 1 heterocycles. The Hall–Kier alpha value is -1.55. The van der Waals surface area contributed by atoms with Gasteiger partial charge in [0.05, 0.1) is 42.4 Å². The number of quaternary nitrogens is 1. The van der Waals surface area contributed by atoms with Crippen molar-refractivity contribution in [3.8, 4) is 0 Å². The first kappa shape index (κ1) is 16.3. The van der Waals surface area contributed by atoms with Gasteiger partial charge in [0.15, 0.2) is 0 Å². The highest BCUT2D eigenvalue weighted by molar-refractivity contribution is 6.43. The van der Waals surface area contributed by atoms with Gasteiger partial charge in [0, 0.05) is 11.1 Å². The molecule has 120 valence electrons. The molecule has 0 spiro atoms. The second-order valence-corrected chi connectivity index (χ2v) is 6.54. The van der Waals surface area contributed by atoms with Gasteiger partial charge in [0.1, 0.15) is 6.54 Å². The molecule has 1 aliphatic rings. The molecular weight excluding hydrogens is 329 g/mol. The summed E-state index contributed by atoms with van der Waals surface area (Å²) >= 11 is 12.2. The van der Waals surface area contributed by atoms with E-state index >= 15 is 0 Å². The second-order valence-electron chi connectivity index (χ2n) is 5.75. The lowest BCUT2D eigenvalue weighted by molar-refractivity contribution is -0.918. The quantitative estimate of drug-likeness (QED) is 0.842. The van der Waals surface area contributed by atoms with Crippen LogP contribution in [0, 0.1) is 0 Å². The molecular formula is C18H20Cl2N3+. The van der Waals surface area contributed by atoms with Gasteiger partial charge in [-0.1, -0.05) is 65.7 Å². The number of hydrogen-bond donors (Lipinski definition) is 1. The van der Waals surface area contributed by atoms with Gasteiger partial charge in [-0.05, 0) is 6.07 Å². The fourth-order valence-corrected chi connectivity index (χ4v) is 3.11. The Morgan fingerprint density at radius 1 is 1.00 bits per heavy atom. The number of halogens is 2. The molecule has 0 unspecified atom stereocenters. The van der Waals surface area contributed by atoms with Crippen LogP contribution in [0.1, 0.15) is 11.1 Å². The maximum atomic E-state index is 6.18. The number of piperazine rings is 1. The van der Waals surface area contributed by atoms with Gasteiger partial charge < -0.3 is 4.90 Å². The third-order valence-corrected chi connectivity index (χ3v) is 4.92. The van der Waals surface area contributed by atoms with Gasteiger partial charge >= 0.3 is 0 Å². The highest BCUT2D eigenvalue weighted by Gasteiger charge is 2.18. The largest absolute Gasteiger partial charge is 0.328 e. The van der Waals surface area contributed by atoms with Crippen LogP contribution in [0.5, 0.6) is 0 Å². The van der Waals surface area contributed by atoms with Crippen molar-refractivity contribution in [2.24, 2.45) is 5.10 Å². The minimum Gasteiger partial charge on any atom is -0.328 e. The first-order valence-corrected chi connectivity index (χ1v) is 8.58. The third-order valence-electron chi connectivity index (χ3n) is 4.09. The standard InChI is InChI=1S/C18H19Cl2N3/c19-17-8-4-7-16(18(17)20)13-21-23-11-9-22(10-12-23)14-15-5-2-1-3-6-15/h1-8,13H,9-12,14H2/p+1. The molecule has 0 aliphatic carbocycles. The lowest BCUT2D eigenvalue weighted by Crippen LogP contribution is -3.13. The van der Waals surface area contributed by atoms with Crippen LogP contribution in [0.4, 0.5) is 0 Å². The second kappa shape index (κ2) is 7.82. The summed E-state index contributed by atoms with van der Waals surface area (Å²) in [6, 6.07) is 16.2. The normalized spacial score (nSPS) is 16.2. The van der Waals surface area contributed by atoms with E-state index in [1.165, 1.54) is 5.56 Å². The SMILES string of the molecule is Clc1cccc(C=NN2CC[NH+](Cc3ccccc3)CC2)c1Cl. The number of nitrogens with one attached hydrogen (secondary N) is 1. The fraction of sp³-hybridized carbons (Fsp3) is 0.278. The van der Waals surface area contributed by atoms with Crippen molar-refractivity contribution in [2.75, 3.05) is 26.2 Å². The monoisotopic (exact) mass is 348 g/mol. The molecule has 1 N–H and O–H groups in total. The van der Waals surface area contributed by atoms with Gasteiger partial charge in [0.25, 0.3) is 0 Å². The molecule has 2 aromatic carbocycles. The molecule has 0 saturated carbocycles. The molecule has 1 aliphatic heterocycles. The van der Waals surface area contributed by atoms with E-state index in [4.69, 9.17) is 23.2 Å². The molecule has 0 radical (unpaired) electrons. The maximum absolute atomic E-state index is 6.18. The Morgan fingerprint density at radius 2 is 1.74 bits per heavy atom. The first-order chi connectivity index (χ1) is 11.2. The van der Waals surface area contributed by atoms with Crippen LogP contribution in [-0.4, -0.2) is 37.4 Å². The van der Waals surface area contributed by atoms with Crippen molar-refractivity contribution < 1.29 is 4.90 Å². The van der Waals surface area contributed by atoms with Crippen molar-refractivity contribution in [3.05, 3.63) is 69.7 Å². The molecule has 3 nitrogen and oxygen atoms in total. The Balaban J connectivity index is 1.53. The smallest absolute Gasteiger partial charge is 0.103 e. The molecule has 2 aromatic rings. The average molecular weight is 349 g/mol. The molecule has 0 amide bonds. The minimum absolute atomic E-state index is 0.561. The van der Waals surface area contributed by atoms with Gasteiger partial charge in [-0.3, -0.25) is 5.01 Å². The number of rotatable bonds is 4. The molecule has 1 fully saturated rings. The Morgan fingerprint density at radius 3 is 2.48 bits per heavy atom. The van der Waals surface area contributed by atoms with E-state index in [-0.39, 0.29) is 0 Å². The Labute approximate surface area is 147 Å². The van der Waals surface area contributed by atoms with Crippen molar-refractivity contribution in [1.82, 2.24) is 5.01 Å². The van der Waals surface area contributed by atoms with Crippen LogP contribution < -0.4 is 4.90 Å². The van der Waals surface area contributed by atoms with E-state index in [1.807, 2.05) is 12.1 Å². The summed E-state index contributed by atoms with van der Waals surface area (Å²) in [5, 5.41) is 7.78. The van der Waals surface area contributed by atoms with Gasteiger partial charge in [0.2, 0.25) is 0 Å². The number of benzene rings is 2. The summed E-state index contributed by atoms with van der Waals surface area (Å²) in [5.74, 6) is 0. The maximum Gasteiger partial charge on any atom is 0.103 e. The van der Waals surface area contributed by atoms with Crippen molar-refractivity contribution in [2.45, 2.75) is 6.54 Å². The highest BCUT2D eigenvalue weighted by Crippen LogP contribution is 2.24. The van der Waals surface area contributed by atoms with E-state index in [0.717, 1.165) is 38.3 Å². The average Bonchev–Trinajstić information content (AvgIpc) is 2.58. The van der Waals surface area contributed by atoms with E-state index in [0.29, 0.717) is 10.0 Å². The van der Waals surface area contributed by atoms with Crippen LogP contribution in [0.25, 0.3) is 0 Å². The molecule has 5 heteroatoms. The molecule has 23 heavy (non-hydrogen) atoms. The summed E-state index contributed by atoms with van der Waals surface area (Å²) < 4.78 is 0. The van der Waals surface area contributed by atoms with E-state index < -0.39 is 0 Å². The molecule has 3 rings (SSSR count). The van der Waals surface area contributed by atoms with E-state index in [1.54, 1.807) is 17.2 Å². The highest BCUT2D eigenvalue weighted by atomic mass is 35.5. The number of hydrogen-bond acceptors (Lipinski definition) is 2. The zero-order valence-electron chi connectivity index (χ0n) is 12.9. The van der Waals surface area contributed by atoms with E-state index in [9.17, 15) is 0 Å². The summed E-state index contributed by atoms with van der Waals surface area (Å²) in [6.45, 7) is 5.18. The lowest BCUT2D eigenvalue weighted by Gasteiger charge is -2.30. The van der Waals surface area contributed by atoms with Crippen LogP contribution in [0.3, 0.4) is 0 Å². The number of hydrazone groups is 1. The van der Waals surface area contributed by atoms with Crippen LogP contribution >= 0.6 is 23.2 Å². The van der Waals surface area contributed by atoms with Crippen LogP contribution in [0.2, 0.25) is 10.0 Å². The summed E-state index contributed by atoms with van der Waals surface area (Å²) in [5.41, 5.74) is 2.25. The third kappa shape index (κ3) is 4.47. The zero-order valence-corrected chi connectivity index (χ0v) is 14.4. The van der Waals surface area contributed by atoms with Crippen LogP contribution in [-0.2, 0) is 6.54 Å². The summed E-state index contributed by atoms with van der Waals surface area (Å²) in [4.78, 5) is 1.60. The van der Waals surface area contributed by atoms with Crippen molar-refractivity contribution in [1.29, 1.82) is 0 Å². The van der Waals surface area contributed by atoms with Gasteiger partial charge in [-0.2, -0.15) is 5.10 Å². The topological polar surface area (TPSA) is 20.0 Å². The van der Waals surface area contributed by atoms with Gasteiger partial charge in [-0.15, -0.1) is 0 Å². The van der Waals surface area contributed by atoms with Gasteiger partial charge in [-0.25, -0.2) is 0 Å². The molecule has 0 atom stereocenters.